The molecule has 4 aromatic rings. The lowest BCUT2D eigenvalue weighted by Gasteiger charge is -2.27. The van der Waals surface area contributed by atoms with Crippen molar-refractivity contribution in [3.8, 4) is 28.4 Å². The second-order valence-corrected chi connectivity index (χ2v) is 9.76. The van der Waals surface area contributed by atoms with E-state index >= 15 is 0 Å². The normalized spacial score (nSPS) is 16.8. The number of hydrogen-bond acceptors (Lipinski definition) is 9. The minimum absolute atomic E-state index is 0.0182. The summed E-state index contributed by atoms with van der Waals surface area (Å²) in [5.74, 6) is -0.357. The molecule has 208 valence electrons. The molecule has 11 nitrogen and oxygen atoms in total. The Labute approximate surface area is 230 Å². The number of amides is 1. The molecule has 1 amide bonds. The number of anilines is 2. The molecule has 2 atom stereocenters. The van der Waals surface area contributed by atoms with E-state index in [9.17, 15) is 14.3 Å². The maximum absolute atomic E-state index is 14.7. The van der Waals surface area contributed by atoms with Crippen molar-refractivity contribution in [2.45, 2.75) is 32.4 Å². The number of nitrogens with one attached hydrogen (secondary N) is 1. The zero-order valence-electron chi connectivity index (χ0n) is 22.7. The van der Waals surface area contributed by atoms with Crippen molar-refractivity contribution in [3.63, 3.8) is 0 Å². The van der Waals surface area contributed by atoms with Crippen molar-refractivity contribution in [2.75, 3.05) is 30.5 Å². The maximum atomic E-state index is 14.7. The average molecular weight is 547 g/mol. The van der Waals surface area contributed by atoms with Crippen LogP contribution in [0.15, 0.2) is 42.6 Å². The summed E-state index contributed by atoms with van der Waals surface area (Å²) in [7, 11) is 3.29. The molecule has 0 saturated carbocycles. The van der Waals surface area contributed by atoms with Crippen molar-refractivity contribution in [1.29, 1.82) is 0 Å². The number of carbonyl (C=O) groups excluding carboxylic acids is 1. The molecule has 4 heterocycles. The van der Waals surface area contributed by atoms with Crippen LogP contribution in [0, 0.1) is 19.7 Å². The SMILES string of the molecule is COc1cccc(F)c1-c1nccc(C(=O)Nc2ccc(-c3c(C)nn(C)c3C)nc2N2CC(N)CC2CO)n1. The Morgan fingerprint density at radius 1 is 1.20 bits per heavy atom. The Morgan fingerprint density at radius 3 is 2.70 bits per heavy atom. The zero-order valence-corrected chi connectivity index (χ0v) is 22.7. The lowest BCUT2D eigenvalue weighted by Crippen LogP contribution is -2.34. The number of hydrogen-bond donors (Lipinski definition) is 3. The van der Waals surface area contributed by atoms with Crippen molar-refractivity contribution in [3.05, 3.63) is 65.5 Å². The smallest absolute Gasteiger partial charge is 0.274 e. The summed E-state index contributed by atoms with van der Waals surface area (Å²) < 4.78 is 21.7. The van der Waals surface area contributed by atoms with E-state index in [1.54, 1.807) is 16.8 Å². The van der Waals surface area contributed by atoms with Gasteiger partial charge in [-0.2, -0.15) is 5.10 Å². The van der Waals surface area contributed by atoms with Crippen LogP contribution >= 0.6 is 0 Å². The monoisotopic (exact) mass is 546 g/mol. The first-order valence-corrected chi connectivity index (χ1v) is 12.8. The van der Waals surface area contributed by atoms with E-state index in [2.05, 4.69) is 20.4 Å². The molecule has 0 aliphatic carbocycles. The predicted octanol–water partition coefficient (Wildman–Crippen LogP) is 2.85. The van der Waals surface area contributed by atoms with Crippen LogP contribution in [0.2, 0.25) is 0 Å². The first-order valence-electron chi connectivity index (χ1n) is 12.8. The van der Waals surface area contributed by atoms with E-state index in [1.807, 2.05) is 31.9 Å². The number of aromatic nitrogens is 5. The fourth-order valence-electron chi connectivity index (χ4n) is 5.12. The van der Waals surface area contributed by atoms with Gasteiger partial charge in [-0.3, -0.25) is 9.48 Å². The highest BCUT2D eigenvalue weighted by molar-refractivity contribution is 6.04. The van der Waals surface area contributed by atoms with Crippen LogP contribution in [0.1, 0.15) is 28.3 Å². The summed E-state index contributed by atoms with van der Waals surface area (Å²) in [5.41, 5.74) is 10.1. The Morgan fingerprint density at radius 2 is 2.00 bits per heavy atom. The fraction of sp³-hybridized carbons (Fsp3) is 0.321. The van der Waals surface area contributed by atoms with Gasteiger partial charge < -0.3 is 25.8 Å². The minimum atomic E-state index is -0.569. The van der Waals surface area contributed by atoms with Crippen LogP contribution in [-0.4, -0.2) is 68.1 Å². The van der Waals surface area contributed by atoms with E-state index in [1.165, 1.54) is 31.5 Å². The minimum Gasteiger partial charge on any atom is -0.496 e. The van der Waals surface area contributed by atoms with Gasteiger partial charge in [-0.15, -0.1) is 0 Å². The fourth-order valence-corrected chi connectivity index (χ4v) is 5.12. The van der Waals surface area contributed by atoms with Gasteiger partial charge in [0.1, 0.15) is 17.3 Å². The van der Waals surface area contributed by atoms with Crippen molar-refractivity contribution >= 4 is 17.4 Å². The number of nitrogens with zero attached hydrogens (tertiary/aromatic N) is 6. The number of rotatable bonds is 7. The molecule has 1 saturated heterocycles. The highest BCUT2D eigenvalue weighted by Crippen LogP contribution is 2.35. The van der Waals surface area contributed by atoms with E-state index < -0.39 is 11.7 Å². The highest BCUT2D eigenvalue weighted by Gasteiger charge is 2.33. The summed E-state index contributed by atoms with van der Waals surface area (Å²) in [6.45, 7) is 4.23. The molecule has 1 fully saturated rings. The Bertz CT molecular complexity index is 1570. The topological polar surface area (TPSA) is 144 Å². The third-order valence-electron chi connectivity index (χ3n) is 7.13. The molecule has 40 heavy (non-hydrogen) atoms. The third-order valence-corrected chi connectivity index (χ3v) is 7.13. The van der Waals surface area contributed by atoms with Gasteiger partial charge in [0, 0.05) is 37.1 Å². The summed E-state index contributed by atoms with van der Waals surface area (Å²) in [6.07, 6.45) is 1.97. The van der Waals surface area contributed by atoms with Crippen LogP contribution < -0.4 is 20.7 Å². The predicted molar refractivity (Wildman–Crippen MR) is 149 cm³/mol. The molecule has 12 heteroatoms. The summed E-state index contributed by atoms with van der Waals surface area (Å²) in [6, 6.07) is 8.99. The molecule has 1 aliphatic rings. The number of nitrogens with two attached hydrogens (primary N) is 1. The van der Waals surface area contributed by atoms with Gasteiger partial charge in [0.25, 0.3) is 5.91 Å². The summed E-state index contributed by atoms with van der Waals surface area (Å²) >= 11 is 0. The van der Waals surface area contributed by atoms with Gasteiger partial charge in [0.05, 0.1) is 42.4 Å². The van der Waals surface area contributed by atoms with Gasteiger partial charge in [-0.05, 0) is 50.6 Å². The molecule has 5 rings (SSSR count). The van der Waals surface area contributed by atoms with Crippen molar-refractivity contribution in [1.82, 2.24) is 24.7 Å². The molecule has 3 aromatic heterocycles. The van der Waals surface area contributed by atoms with Crippen molar-refractivity contribution < 1.29 is 19.0 Å². The van der Waals surface area contributed by atoms with Crippen LogP contribution in [0.25, 0.3) is 22.6 Å². The molecule has 1 aliphatic heterocycles. The number of benzene rings is 1. The molecule has 0 spiro atoms. The highest BCUT2D eigenvalue weighted by atomic mass is 19.1. The lowest BCUT2D eigenvalue weighted by molar-refractivity contribution is 0.102. The number of carbonyl (C=O) groups is 1. The molecule has 4 N–H and O–H groups in total. The Balaban J connectivity index is 1.54. The summed E-state index contributed by atoms with van der Waals surface area (Å²) in [5, 5.41) is 17.5. The second-order valence-electron chi connectivity index (χ2n) is 9.76. The van der Waals surface area contributed by atoms with E-state index in [-0.39, 0.29) is 41.5 Å². The quantitative estimate of drug-likeness (QED) is 0.319. The van der Waals surface area contributed by atoms with Crippen LogP contribution in [0.3, 0.4) is 0 Å². The van der Waals surface area contributed by atoms with E-state index in [4.69, 9.17) is 15.5 Å². The first-order chi connectivity index (χ1) is 19.2. The van der Waals surface area contributed by atoms with Crippen molar-refractivity contribution in [2.24, 2.45) is 12.8 Å². The number of aryl methyl sites for hydroxylation is 2. The number of aliphatic hydroxyl groups is 1. The maximum Gasteiger partial charge on any atom is 0.274 e. The molecular formula is C28H31FN8O3. The van der Waals surface area contributed by atoms with Gasteiger partial charge >= 0.3 is 0 Å². The number of pyridine rings is 1. The molecular weight excluding hydrogens is 515 g/mol. The number of aliphatic hydroxyl groups excluding tert-OH is 1. The molecule has 1 aromatic carbocycles. The molecule has 2 unspecified atom stereocenters. The van der Waals surface area contributed by atoms with Crippen LogP contribution in [0.5, 0.6) is 5.75 Å². The summed E-state index contributed by atoms with van der Waals surface area (Å²) in [4.78, 5) is 28.8. The van der Waals surface area contributed by atoms with Crippen LogP contribution in [0.4, 0.5) is 15.9 Å². The van der Waals surface area contributed by atoms with E-state index in [0.717, 1.165) is 17.0 Å². The van der Waals surface area contributed by atoms with Gasteiger partial charge in [0.15, 0.2) is 11.6 Å². The van der Waals surface area contributed by atoms with E-state index in [0.29, 0.717) is 30.2 Å². The Hall–Kier alpha value is -4.42. The number of halogens is 1. The lowest BCUT2D eigenvalue weighted by atomic mass is 10.1. The van der Waals surface area contributed by atoms with Gasteiger partial charge in [-0.1, -0.05) is 6.07 Å². The van der Waals surface area contributed by atoms with Gasteiger partial charge in [0.2, 0.25) is 0 Å². The molecule has 0 radical (unpaired) electrons. The second kappa shape index (κ2) is 11.0. The molecule has 0 bridgehead atoms. The largest absolute Gasteiger partial charge is 0.496 e. The number of methoxy groups -OCH3 is 1. The standard InChI is InChI=1S/C28H31FN8O3/c1-15-24(16(2)36(3)35-15)20-8-9-21(27(33-20)37-13-17(30)12-18(37)14-38)34-28(39)22-10-11-31-26(32-22)25-19(29)6-5-7-23(25)40-4/h5-11,17-18,38H,12-14,30H2,1-4H3,(H,34,39). The van der Waals surface area contributed by atoms with Gasteiger partial charge in [-0.25, -0.2) is 19.3 Å². The third kappa shape index (κ3) is 4.98. The van der Waals surface area contributed by atoms with Crippen LogP contribution in [-0.2, 0) is 7.05 Å². The Kier molecular flexibility index (Phi) is 7.46. The zero-order chi connectivity index (χ0) is 28.6. The number of ether oxygens (including phenoxy) is 1. The average Bonchev–Trinajstić information content (AvgIpc) is 3.45. The first kappa shape index (κ1) is 27.2.